The molecule has 4 aromatic rings. The van der Waals surface area contributed by atoms with Gasteiger partial charge >= 0.3 is 0 Å². The van der Waals surface area contributed by atoms with E-state index in [1.807, 2.05) is 48.9 Å². The molecule has 7 nitrogen and oxygen atoms in total. The van der Waals surface area contributed by atoms with Crippen LogP contribution in [-0.4, -0.2) is 26.5 Å². The van der Waals surface area contributed by atoms with Gasteiger partial charge in [-0.3, -0.25) is 14.3 Å². The molecule has 0 fully saturated rings. The minimum Gasteiger partial charge on any atom is -0.267 e. The highest BCUT2D eigenvalue weighted by Gasteiger charge is 2.15. The number of aromatic nitrogens is 3. The summed E-state index contributed by atoms with van der Waals surface area (Å²) >= 11 is 3.35. The average Bonchev–Trinajstić information content (AvgIpc) is 3.01. The van der Waals surface area contributed by atoms with Gasteiger partial charge in [0.05, 0.1) is 17.1 Å². The lowest BCUT2D eigenvalue weighted by atomic mass is 10.2. The summed E-state index contributed by atoms with van der Waals surface area (Å²) < 4.78 is 4.19. The van der Waals surface area contributed by atoms with Gasteiger partial charge in [-0.2, -0.15) is 9.78 Å². The molecule has 0 saturated heterocycles. The van der Waals surface area contributed by atoms with Crippen LogP contribution in [0.5, 0.6) is 0 Å². The maximum Gasteiger partial charge on any atom is 0.280 e. The Labute approximate surface area is 187 Å². The molecule has 2 heterocycles. The Hall–Kier alpha value is -3.52. The van der Waals surface area contributed by atoms with E-state index in [0.29, 0.717) is 22.3 Å². The summed E-state index contributed by atoms with van der Waals surface area (Å²) in [7, 11) is 0. The first-order valence-electron chi connectivity index (χ1n) is 9.64. The number of amides is 1. The third kappa shape index (κ3) is 3.94. The molecular formula is C23H20BrN5O2. The van der Waals surface area contributed by atoms with Crippen LogP contribution in [-0.2, 0) is 0 Å². The van der Waals surface area contributed by atoms with Gasteiger partial charge in [0.25, 0.3) is 11.5 Å². The third-order valence-corrected chi connectivity index (χ3v) is 5.50. The molecule has 0 saturated carbocycles. The quantitative estimate of drug-likeness (QED) is 0.356. The number of benzene rings is 2. The molecule has 2 aromatic heterocycles. The molecule has 0 aliphatic heterocycles. The van der Waals surface area contributed by atoms with Gasteiger partial charge in [-0.15, -0.1) is 0 Å². The molecule has 1 amide bonds. The lowest BCUT2D eigenvalue weighted by molar-refractivity contribution is 0.0955. The Balaban J connectivity index is 1.67. The number of nitrogens with one attached hydrogen (secondary N) is 1. The lowest BCUT2D eigenvalue weighted by Gasteiger charge is -2.16. The highest BCUT2D eigenvalue weighted by Crippen LogP contribution is 2.16. The second-order valence-electron chi connectivity index (χ2n) is 7.14. The van der Waals surface area contributed by atoms with Crippen LogP contribution in [0.2, 0.25) is 0 Å². The predicted octanol–water partition coefficient (Wildman–Crippen LogP) is 3.96. The first kappa shape index (κ1) is 20.7. The zero-order valence-corrected chi connectivity index (χ0v) is 18.8. The smallest absolute Gasteiger partial charge is 0.267 e. The van der Waals surface area contributed by atoms with Crippen molar-refractivity contribution in [1.82, 2.24) is 19.8 Å². The Morgan fingerprint density at radius 1 is 1.06 bits per heavy atom. The molecule has 1 N–H and O–H groups in total. The number of hydrogen-bond acceptors (Lipinski definition) is 4. The van der Waals surface area contributed by atoms with Crippen LogP contribution in [0, 0.1) is 20.8 Å². The van der Waals surface area contributed by atoms with Crippen LogP contribution >= 0.6 is 15.9 Å². The van der Waals surface area contributed by atoms with Crippen LogP contribution < -0.4 is 11.0 Å². The summed E-state index contributed by atoms with van der Waals surface area (Å²) in [5.74, 6) is 0.272. The van der Waals surface area contributed by atoms with Crippen molar-refractivity contribution in [1.29, 1.82) is 0 Å². The van der Waals surface area contributed by atoms with E-state index in [4.69, 9.17) is 0 Å². The fourth-order valence-corrected chi connectivity index (χ4v) is 3.94. The number of carbonyl (C=O) groups is 1. The minimum absolute atomic E-state index is 0.142. The molecule has 0 aliphatic rings. The van der Waals surface area contributed by atoms with Crippen LogP contribution in [0.3, 0.4) is 0 Å². The first-order valence-corrected chi connectivity index (χ1v) is 10.4. The van der Waals surface area contributed by atoms with Crippen molar-refractivity contribution in [2.45, 2.75) is 20.8 Å². The molecule has 156 valence electrons. The second kappa shape index (κ2) is 8.31. The number of carbonyl (C=O) groups excluding carboxylic acids is 1. The number of halogens is 1. The fourth-order valence-electron chi connectivity index (χ4n) is 3.54. The highest BCUT2D eigenvalue weighted by atomic mass is 79.9. The van der Waals surface area contributed by atoms with E-state index >= 15 is 0 Å². The maximum atomic E-state index is 13.2. The van der Waals surface area contributed by atoms with Gasteiger partial charge in [-0.25, -0.2) is 10.4 Å². The lowest BCUT2D eigenvalue weighted by Crippen LogP contribution is -2.30. The molecule has 8 heteroatoms. The van der Waals surface area contributed by atoms with Gasteiger partial charge < -0.3 is 0 Å². The van der Waals surface area contributed by atoms with Crippen LogP contribution in [0.15, 0.2) is 69.0 Å². The Bertz CT molecular complexity index is 1400. The largest absolute Gasteiger partial charge is 0.280 e. The van der Waals surface area contributed by atoms with E-state index in [2.05, 4.69) is 31.4 Å². The molecule has 4 rings (SSSR count). The fraction of sp³-hybridized carbons (Fsp3) is 0.130. The highest BCUT2D eigenvalue weighted by molar-refractivity contribution is 9.10. The molecule has 2 aromatic carbocycles. The number of hydrazone groups is 1. The summed E-state index contributed by atoms with van der Waals surface area (Å²) in [5, 5.41) is 4.65. The molecule has 0 spiro atoms. The summed E-state index contributed by atoms with van der Waals surface area (Å²) in [6, 6.07) is 16.3. The van der Waals surface area contributed by atoms with Gasteiger partial charge in [0, 0.05) is 27.0 Å². The van der Waals surface area contributed by atoms with E-state index in [1.165, 1.54) is 0 Å². The zero-order chi connectivity index (χ0) is 22.1. The molecule has 0 aliphatic carbocycles. The molecular weight excluding hydrogens is 458 g/mol. The Morgan fingerprint density at radius 2 is 1.84 bits per heavy atom. The summed E-state index contributed by atoms with van der Waals surface area (Å²) in [5.41, 5.74) is 6.00. The zero-order valence-electron chi connectivity index (χ0n) is 17.3. The van der Waals surface area contributed by atoms with E-state index in [0.717, 1.165) is 21.4 Å². The van der Waals surface area contributed by atoms with Gasteiger partial charge in [-0.05, 0) is 57.2 Å². The van der Waals surface area contributed by atoms with Gasteiger partial charge in [0.15, 0.2) is 0 Å². The first-order chi connectivity index (χ1) is 14.9. The molecule has 0 unspecified atom stereocenters. The Morgan fingerprint density at radius 3 is 2.61 bits per heavy atom. The van der Waals surface area contributed by atoms with Crippen molar-refractivity contribution in [3.63, 3.8) is 0 Å². The number of hydrogen-bond donors (Lipinski definition) is 1. The summed E-state index contributed by atoms with van der Waals surface area (Å²) in [6.07, 6.45) is 1.57. The molecule has 31 heavy (non-hydrogen) atoms. The average molecular weight is 478 g/mol. The molecule has 0 atom stereocenters. The maximum absolute atomic E-state index is 13.2. The van der Waals surface area contributed by atoms with Crippen molar-refractivity contribution in [2.75, 3.05) is 0 Å². The Kier molecular flexibility index (Phi) is 5.56. The van der Waals surface area contributed by atoms with Crippen LogP contribution in [0.4, 0.5) is 0 Å². The normalized spacial score (nSPS) is 11.4. The van der Waals surface area contributed by atoms with Crippen molar-refractivity contribution >= 4 is 39.0 Å². The van der Waals surface area contributed by atoms with Crippen molar-refractivity contribution in [3.8, 4) is 0 Å². The number of aryl methyl sites for hydroxylation is 2. The SMILES string of the molecule is Cc1cc(C=NNC(=O)c2cccc(Br)c2)c(C)n1-n1c(C)nc2ccccc2c1=O. The minimum atomic E-state index is -0.308. The van der Waals surface area contributed by atoms with Crippen LogP contribution in [0.1, 0.15) is 33.1 Å². The van der Waals surface area contributed by atoms with Gasteiger partial charge in [0.2, 0.25) is 0 Å². The molecule has 0 bridgehead atoms. The van der Waals surface area contributed by atoms with Gasteiger partial charge in [0.1, 0.15) is 5.82 Å². The number of fused-ring (bicyclic) bond motifs is 1. The predicted molar refractivity (Wildman–Crippen MR) is 125 cm³/mol. The van der Waals surface area contributed by atoms with Crippen molar-refractivity contribution < 1.29 is 4.79 Å². The third-order valence-electron chi connectivity index (χ3n) is 5.01. The number of nitrogens with zero attached hydrogens (tertiary/aromatic N) is 4. The van der Waals surface area contributed by atoms with Crippen LogP contribution in [0.25, 0.3) is 10.9 Å². The van der Waals surface area contributed by atoms with Crippen molar-refractivity contribution in [2.24, 2.45) is 5.10 Å². The van der Waals surface area contributed by atoms with E-state index in [1.54, 1.807) is 42.1 Å². The van der Waals surface area contributed by atoms with E-state index in [-0.39, 0.29) is 11.5 Å². The standard InChI is InChI=1S/C23H20BrN5O2/c1-14-11-18(13-25-27-22(30)17-7-6-8-19(24)12-17)15(2)28(14)29-16(3)26-21-10-5-4-9-20(21)23(29)31/h4-13H,1-3H3,(H,27,30). The number of para-hydroxylation sites is 1. The molecule has 0 radical (unpaired) electrons. The van der Waals surface area contributed by atoms with E-state index < -0.39 is 0 Å². The summed E-state index contributed by atoms with van der Waals surface area (Å²) in [4.78, 5) is 30.0. The monoisotopic (exact) mass is 477 g/mol. The van der Waals surface area contributed by atoms with E-state index in [9.17, 15) is 9.59 Å². The number of rotatable bonds is 4. The topological polar surface area (TPSA) is 81.3 Å². The second-order valence-corrected chi connectivity index (χ2v) is 8.06. The van der Waals surface area contributed by atoms with Crippen molar-refractivity contribution in [3.05, 3.63) is 97.8 Å². The van der Waals surface area contributed by atoms with Gasteiger partial charge in [-0.1, -0.05) is 34.1 Å². The summed E-state index contributed by atoms with van der Waals surface area (Å²) in [6.45, 7) is 5.61.